The molecule has 0 radical (unpaired) electrons. The van der Waals surface area contributed by atoms with Gasteiger partial charge in [0.15, 0.2) is 6.34 Å². The molecule has 1 aromatic heterocycles. The van der Waals surface area contributed by atoms with Crippen LogP contribution in [0, 0.1) is 0 Å². The molecule has 1 aliphatic rings. The zero-order valence-electron chi connectivity index (χ0n) is 15.9. The normalized spacial score (nSPS) is 15.0. The summed E-state index contributed by atoms with van der Waals surface area (Å²) < 4.78 is 2.33. The summed E-state index contributed by atoms with van der Waals surface area (Å²) in [5, 5.41) is 0. The van der Waals surface area contributed by atoms with Crippen molar-refractivity contribution in [2.75, 3.05) is 11.4 Å². The van der Waals surface area contributed by atoms with Gasteiger partial charge in [-0.1, -0.05) is 52.0 Å². The summed E-state index contributed by atoms with van der Waals surface area (Å²) in [6.07, 6.45) is 6.62. The first kappa shape index (κ1) is 17.7. The van der Waals surface area contributed by atoms with Crippen LogP contribution in [-0.4, -0.2) is 12.9 Å². The summed E-state index contributed by atoms with van der Waals surface area (Å²) in [7, 11) is 0. The van der Waals surface area contributed by atoms with Gasteiger partial charge in [-0.25, -0.2) is 14.5 Å². The van der Waals surface area contributed by atoms with Gasteiger partial charge in [0.25, 0.3) is 5.82 Å². The van der Waals surface area contributed by atoms with E-state index in [1.807, 2.05) is 6.34 Å². The second-order valence-electron chi connectivity index (χ2n) is 7.49. The highest BCUT2D eigenvalue weighted by atomic mass is 15.2. The number of rotatable bonds is 4. The number of pyridine rings is 1. The smallest absolute Gasteiger partial charge is 0.234 e. The van der Waals surface area contributed by atoms with Crippen LogP contribution in [0.15, 0.2) is 47.6 Å². The number of fused-ring (bicyclic) bond motifs is 1. The number of nitrogens with zero attached hydrogens (tertiary/aromatic N) is 3. The molecular formula is C22H30N3+. The molecule has 1 aliphatic heterocycles. The number of aliphatic imine (C=N–C) groups is 1. The molecule has 2 heterocycles. The molecule has 3 heteroatoms. The van der Waals surface area contributed by atoms with E-state index in [0.29, 0.717) is 11.8 Å². The van der Waals surface area contributed by atoms with Gasteiger partial charge in [0.1, 0.15) is 0 Å². The van der Waals surface area contributed by atoms with E-state index in [9.17, 15) is 0 Å². The second kappa shape index (κ2) is 7.81. The predicted molar refractivity (Wildman–Crippen MR) is 106 cm³/mol. The number of benzene rings is 1. The lowest BCUT2D eigenvalue weighted by Gasteiger charge is -2.17. The first-order valence-corrected chi connectivity index (χ1v) is 9.50. The Balaban J connectivity index is 2.00. The molecule has 0 bridgehead atoms. The van der Waals surface area contributed by atoms with Crippen LogP contribution in [0.1, 0.15) is 63.5 Å². The number of aromatic nitrogens is 1. The fourth-order valence-electron chi connectivity index (χ4n) is 3.50. The van der Waals surface area contributed by atoms with Crippen molar-refractivity contribution in [3.05, 3.63) is 53.7 Å². The molecule has 132 valence electrons. The van der Waals surface area contributed by atoms with Crippen molar-refractivity contribution < 1.29 is 4.57 Å². The number of aryl methyl sites for hydroxylation is 1. The lowest BCUT2D eigenvalue weighted by atomic mass is 9.93. The molecule has 3 nitrogen and oxygen atoms in total. The predicted octanol–water partition coefficient (Wildman–Crippen LogP) is 5.18. The molecular weight excluding hydrogens is 306 g/mol. The quantitative estimate of drug-likeness (QED) is 0.428. The van der Waals surface area contributed by atoms with Crippen molar-refractivity contribution in [3.8, 4) is 0 Å². The van der Waals surface area contributed by atoms with Gasteiger partial charge in [-0.05, 0) is 41.9 Å². The Hall–Kier alpha value is -2.16. The van der Waals surface area contributed by atoms with E-state index < -0.39 is 0 Å². The summed E-state index contributed by atoms with van der Waals surface area (Å²) in [5.74, 6) is 2.17. The molecule has 0 saturated carbocycles. The second-order valence-corrected chi connectivity index (χ2v) is 7.49. The Kier molecular flexibility index (Phi) is 5.52. The first-order valence-electron chi connectivity index (χ1n) is 9.50. The van der Waals surface area contributed by atoms with Gasteiger partial charge in [-0.3, -0.25) is 0 Å². The van der Waals surface area contributed by atoms with Crippen LogP contribution in [0.25, 0.3) is 0 Å². The third-order valence-electron chi connectivity index (χ3n) is 4.93. The SMILES string of the molecule is CC(C)c1cccc(C(C)C)c1N=CN1CCCC[n+]2ccccc21. The molecule has 0 N–H and O–H groups in total. The van der Waals surface area contributed by atoms with Gasteiger partial charge in [0.05, 0.1) is 25.0 Å². The van der Waals surface area contributed by atoms with Gasteiger partial charge in [-0.2, -0.15) is 0 Å². The van der Waals surface area contributed by atoms with Crippen LogP contribution in [0.3, 0.4) is 0 Å². The van der Waals surface area contributed by atoms with E-state index in [1.54, 1.807) is 0 Å². The minimum absolute atomic E-state index is 0.469. The Bertz CT molecular complexity index is 720. The Morgan fingerprint density at radius 3 is 2.36 bits per heavy atom. The number of hydrogen-bond acceptors (Lipinski definition) is 1. The minimum atomic E-state index is 0.469. The highest BCUT2D eigenvalue weighted by Gasteiger charge is 2.21. The van der Waals surface area contributed by atoms with E-state index in [0.717, 1.165) is 18.8 Å². The Morgan fingerprint density at radius 1 is 0.960 bits per heavy atom. The van der Waals surface area contributed by atoms with Crippen molar-refractivity contribution in [3.63, 3.8) is 0 Å². The molecule has 0 atom stereocenters. The average molecular weight is 337 g/mol. The molecule has 25 heavy (non-hydrogen) atoms. The van der Waals surface area contributed by atoms with E-state index in [-0.39, 0.29) is 0 Å². The van der Waals surface area contributed by atoms with Crippen molar-refractivity contribution in [1.29, 1.82) is 0 Å². The molecule has 0 saturated heterocycles. The molecule has 1 aromatic carbocycles. The summed E-state index contributed by atoms with van der Waals surface area (Å²) in [5.41, 5.74) is 3.82. The van der Waals surface area contributed by atoms with E-state index in [4.69, 9.17) is 4.99 Å². The number of para-hydroxylation sites is 1. The first-order chi connectivity index (χ1) is 12.1. The maximum absolute atomic E-state index is 5.00. The summed E-state index contributed by atoms with van der Waals surface area (Å²) in [6, 6.07) is 13.0. The largest absolute Gasteiger partial charge is 0.282 e. The van der Waals surface area contributed by atoms with Crippen molar-refractivity contribution in [2.24, 2.45) is 4.99 Å². The van der Waals surface area contributed by atoms with Crippen molar-refractivity contribution >= 4 is 17.8 Å². The van der Waals surface area contributed by atoms with E-state index in [1.165, 1.54) is 29.8 Å². The van der Waals surface area contributed by atoms with Crippen LogP contribution in [-0.2, 0) is 6.54 Å². The van der Waals surface area contributed by atoms with E-state index >= 15 is 0 Å². The fraction of sp³-hybridized carbons (Fsp3) is 0.455. The molecule has 2 aromatic rings. The molecule has 0 fully saturated rings. The maximum atomic E-state index is 5.00. The average Bonchev–Trinajstić information content (AvgIpc) is 2.81. The van der Waals surface area contributed by atoms with Gasteiger partial charge < -0.3 is 0 Å². The standard InChI is InChI=1S/C22H30N3/c1-17(2)19-10-9-11-20(18(3)4)22(19)23-16-25-15-8-7-14-24-13-6-5-12-21(24)25/h5-6,9-13,16-18H,7-8,14-15H2,1-4H3/q+1. The highest BCUT2D eigenvalue weighted by molar-refractivity contribution is 5.79. The van der Waals surface area contributed by atoms with Gasteiger partial charge >= 0.3 is 0 Å². The zero-order chi connectivity index (χ0) is 17.8. The minimum Gasteiger partial charge on any atom is -0.234 e. The van der Waals surface area contributed by atoms with Crippen molar-refractivity contribution in [2.45, 2.75) is 58.9 Å². The van der Waals surface area contributed by atoms with Crippen LogP contribution >= 0.6 is 0 Å². The molecule has 0 amide bonds. The number of anilines is 1. The third-order valence-corrected chi connectivity index (χ3v) is 4.93. The topological polar surface area (TPSA) is 19.5 Å². The highest BCUT2D eigenvalue weighted by Crippen LogP contribution is 2.34. The Morgan fingerprint density at radius 2 is 1.68 bits per heavy atom. The van der Waals surface area contributed by atoms with Gasteiger partial charge in [-0.15, -0.1) is 0 Å². The molecule has 0 spiro atoms. The van der Waals surface area contributed by atoms with Crippen LogP contribution in [0.5, 0.6) is 0 Å². The zero-order valence-corrected chi connectivity index (χ0v) is 15.9. The molecule has 0 unspecified atom stereocenters. The maximum Gasteiger partial charge on any atom is 0.282 e. The van der Waals surface area contributed by atoms with E-state index in [2.05, 4.69) is 79.8 Å². The van der Waals surface area contributed by atoms with Crippen LogP contribution in [0.4, 0.5) is 11.5 Å². The lowest BCUT2D eigenvalue weighted by Crippen LogP contribution is -2.39. The lowest BCUT2D eigenvalue weighted by molar-refractivity contribution is -0.683. The molecule has 3 rings (SSSR count). The van der Waals surface area contributed by atoms with Crippen LogP contribution in [0.2, 0.25) is 0 Å². The van der Waals surface area contributed by atoms with Gasteiger partial charge in [0, 0.05) is 6.07 Å². The summed E-state index contributed by atoms with van der Waals surface area (Å²) in [6.45, 7) is 11.1. The third kappa shape index (κ3) is 3.92. The summed E-state index contributed by atoms with van der Waals surface area (Å²) >= 11 is 0. The van der Waals surface area contributed by atoms with Crippen LogP contribution < -0.4 is 9.47 Å². The van der Waals surface area contributed by atoms with Crippen molar-refractivity contribution in [1.82, 2.24) is 0 Å². The monoisotopic (exact) mass is 336 g/mol. The number of hydrogen-bond donors (Lipinski definition) is 0. The molecule has 0 aliphatic carbocycles. The summed E-state index contributed by atoms with van der Waals surface area (Å²) in [4.78, 5) is 7.30. The van der Waals surface area contributed by atoms with Gasteiger partial charge in [0.2, 0.25) is 0 Å². The Labute approximate surface area is 152 Å². The fourth-order valence-corrected chi connectivity index (χ4v) is 3.50.